The quantitative estimate of drug-likeness (QED) is 0.626. The van der Waals surface area contributed by atoms with Crippen LogP contribution >= 0.6 is 0 Å². The Bertz CT molecular complexity index is 803. The number of nitrogens with zero attached hydrogens (tertiary/aromatic N) is 3. The van der Waals surface area contributed by atoms with Crippen LogP contribution in [0, 0.1) is 13.8 Å². The van der Waals surface area contributed by atoms with Gasteiger partial charge in [-0.25, -0.2) is 0 Å². The number of aryl methyl sites for hydroxylation is 2. The maximum Gasteiger partial charge on any atom is 0.0644 e. The summed E-state index contributed by atoms with van der Waals surface area (Å²) in [5, 5.41) is 18.4. The summed E-state index contributed by atoms with van der Waals surface area (Å²) in [6.07, 6.45) is 3.25. The molecule has 2 heterocycles. The molecule has 1 aromatic carbocycles. The molecule has 0 radical (unpaired) electrons. The van der Waals surface area contributed by atoms with Gasteiger partial charge in [-0.3, -0.25) is 4.68 Å². The molecule has 0 atom stereocenters. The zero-order chi connectivity index (χ0) is 16.9. The average Bonchev–Trinajstić information content (AvgIpc) is 3.11. The van der Waals surface area contributed by atoms with E-state index in [1.807, 2.05) is 11.6 Å². The van der Waals surface area contributed by atoms with E-state index in [-0.39, 0.29) is 6.61 Å². The molecule has 24 heavy (non-hydrogen) atoms. The van der Waals surface area contributed by atoms with Crippen molar-refractivity contribution in [2.45, 2.75) is 39.9 Å². The van der Waals surface area contributed by atoms with E-state index in [9.17, 15) is 0 Å². The maximum absolute atomic E-state index is 9.08. The number of aromatic nitrogens is 3. The van der Waals surface area contributed by atoms with Crippen molar-refractivity contribution in [2.75, 3.05) is 13.2 Å². The zero-order valence-corrected chi connectivity index (χ0v) is 14.5. The Kier molecular flexibility index (Phi) is 5.33. The van der Waals surface area contributed by atoms with Crippen molar-refractivity contribution < 1.29 is 5.11 Å². The number of benzene rings is 1. The molecule has 0 unspecified atom stereocenters. The van der Waals surface area contributed by atoms with Crippen molar-refractivity contribution in [1.29, 1.82) is 0 Å². The average molecular weight is 326 g/mol. The van der Waals surface area contributed by atoms with E-state index < -0.39 is 0 Å². The van der Waals surface area contributed by atoms with Crippen molar-refractivity contribution in [2.24, 2.45) is 0 Å². The molecule has 2 aromatic heterocycles. The molecule has 3 rings (SSSR count). The number of aliphatic hydroxyl groups is 1. The standard InChI is InChI=1S/C19H26N4O/c1-15-18(16(2)23(21-15)12-13-24)14-20-9-5-10-22-11-8-17-6-3-4-7-19(17)22/h3-4,6-8,11,20,24H,5,9-10,12-14H2,1-2H3. The van der Waals surface area contributed by atoms with Gasteiger partial charge in [-0.2, -0.15) is 5.10 Å². The molecule has 0 saturated carbocycles. The summed E-state index contributed by atoms with van der Waals surface area (Å²) in [6, 6.07) is 10.7. The predicted molar refractivity (Wildman–Crippen MR) is 97.0 cm³/mol. The topological polar surface area (TPSA) is 55.0 Å². The molecule has 0 aliphatic rings. The van der Waals surface area contributed by atoms with Gasteiger partial charge in [0.05, 0.1) is 18.8 Å². The van der Waals surface area contributed by atoms with Gasteiger partial charge in [0.15, 0.2) is 0 Å². The van der Waals surface area contributed by atoms with Gasteiger partial charge in [0.25, 0.3) is 0 Å². The van der Waals surface area contributed by atoms with Crippen LogP contribution in [0.2, 0.25) is 0 Å². The van der Waals surface area contributed by atoms with E-state index in [1.165, 1.54) is 16.5 Å². The monoisotopic (exact) mass is 326 g/mol. The number of hydrogen-bond acceptors (Lipinski definition) is 3. The van der Waals surface area contributed by atoms with Gasteiger partial charge in [-0.15, -0.1) is 0 Å². The lowest BCUT2D eigenvalue weighted by Crippen LogP contribution is -2.17. The molecule has 0 amide bonds. The second kappa shape index (κ2) is 7.64. The first-order valence-electron chi connectivity index (χ1n) is 8.59. The van der Waals surface area contributed by atoms with Gasteiger partial charge >= 0.3 is 0 Å². The van der Waals surface area contributed by atoms with E-state index in [0.717, 1.165) is 37.4 Å². The molecule has 0 aliphatic carbocycles. The molecular formula is C19H26N4O. The summed E-state index contributed by atoms with van der Waals surface area (Å²) in [4.78, 5) is 0. The van der Waals surface area contributed by atoms with Crippen LogP contribution in [0.4, 0.5) is 0 Å². The highest BCUT2D eigenvalue weighted by molar-refractivity contribution is 5.79. The Morgan fingerprint density at radius 3 is 2.79 bits per heavy atom. The molecule has 0 saturated heterocycles. The lowest BCUT2D eigenvalue weighted by molar-refractivity contribution is 0.267. The molecule has 3 aromatic rings. The minimum atomic E-state index is 0.125. The van der Waals surface area contributed by atoms with Crippen LogP contribution in [0.5, 0.6) is 0 Å². The summed E-state index contributed by atoms with van der Waals surface area (Å²) < 4.78 is 4.20. The minimum absolute atomic E-state index is 0.125. The molecule has 0 aliphatic heterocycles. The van der Waals surface area contributed by atoms with E-state index >= 15 is 0 Å². The van der Waals surface area contributed by atoms with Gasteiger partial charge in [0, 0.05) is 36.1 Å². The molecule has 128 valence electrons. The minimum Gasteiger partial charge on any atom is -0.394 e. The number of fused-ring (bicyclic) bond motifs is 1. The predicted octanol–water partition coefficient (Wildman–Crippen LogP) is 2.63. The summed E-state index contributed by atoms with van der Waals surface area (Å²) in [6.45, 7) is 7.60. The van der Waals surface area contributed by atoms with Crippen LogP contribution in [-0.4, -0.2) is 32.6 Å². The highest BCUT2D eigenvalue weighted by Gasteiger charge is 2.10. The zero-order valence-electron chi connectivity index (χ0n) is 14.5. The third-order valence-corrected chi connectivity index (χ3v) is 4.58. The lowest BCUT2D eigenvalue weighted by atomic mass is 10.2. The largest absolute Gasteiger partial charge is 0.394 e. The molecule has 0 spiro atoms. The molecular weight excluding hydrogens is 300 g/mol. The second-order valence-electron chi connectivity index (χ2n) is 6.19. The van der Waals surface area contributed by atoms with E-state index in [4.69, 9.17) is 5.11 Å². The van der Waals surface area contributed by atoms with Crippen molar-refractivity contribution in [3.63, 3.8) is 0 Å². The molecule has 2 N–H and O–H groups in total. The third-order valence-electron chi connectivity index (χ3n) is 4.58. The van der Waals surface area contributed by atoms with Crippen LogP contribution in [0.3, 0.4) is 0 Å². The van der Waals surface area contributed by atoms with Crippen LogP contribution in [0.1, 0.15) is 23.4 Å². The van der Waals surface area contributed by atoms with E-state index in [2.05, 4.69) is 58.4 Å². The molecule has 5 nitrogen and oxygen atoms in total. The van der Waals surface area contributed by atoms with Crippen LogP contribution in [-0.2, 0) is 19.6 Å². The van der Waals surface area contributed by atoms with Crippen LogP contribution in [0.25, 0.3) is 10.9 Å². The first kappa shape index (κ1) is 16.7. The second-order valence-corrected chi connectivity index (χ2v) is 6.19. The first-order chi connectivity index (χ1) is 11.7. The molecule has 5 heteroatoms. The Balaban J connectivity index is 1.49. The number of rotatable bonds is 8. The SMILES string of the molecule is Cc1nn(CCO)c(C)c1CNCCCn1ccc2ccccc21. The smallest absolute Gasteiger partial charge is 0.0644 e. The Labute approximate surface area is 142 Å². The summed E-state index contributed by atoms with van der Waals surface area (Å²) in [5.41, 5.74) is 4.74. The van der Waals surface area contributed by atoms with Gasteiger partial charge in [-0.1, -0.05) is 18.2 Å². The number of aliphatic hydroxyl groups excluding tert-OH is 1. The molecule has 0 fully saturated rings. The van der Waals surface area contributed by atoms with E-state index in [1.54, 1.807) is 0 Å². The van der Waals surface area contributed by atoms with Gasteiger partial charge in [0.2, 0.25) is 0 Å². The number of nitrogens with one attached hydrogen (secondary N) is 1. The van der Waals surface area contributed by atoms with Crippen LogP contribution < -0.4 is 5.32 Å². The Hall–Kier alpha value is -2.11. The van der Waals surface area contributed by atoms with Crippen molar-refractivity contribution in [1.82, 2.24) is 19.7 Å². The summed E-state index contributed by atoms with van der Waals surface area (Å²) >= 11 is 0. The fraction of sp³-hybridized carbons (Fsp3) is 0.421. The Morgan fingerprint density at radius 2 is 1.96 bits per heavy atom. The maximum atomic E-state index is 9.08. The van der Waals surface area contributed by atoms with Gasteiger partial charge in [-0.05, 0) is 44.3 Å². The Morgan fingerprint density at radius 1 is 1.12 bits per heavy atom. The number of para-hydroxylation sites is 1. The van der Waals surface area contributed by atoms with E-state index in [0.29, 0.717) is 6.54 Å². The van der Waals surface area contributed by atoms with Crippen molar-refractivity contribution in [3.8, 4) is 0 Å². The first-order valence-corrected chi connectivity index (χ1v) is 8.59. The van der Waals surface area contributed by atoms with Gasteiger partial charge < -0.3 is 15.0 Å². The fourth-order valence-corrected chi connectivity index (χ4v) is 3.23. The highest BCUT2D eigenvalue weighted by atomic mass is 16.3. The van der Waals surface area contributed by atoms with Gasteiger partial charge in [0.1, 0.15) is 0 Å². The van der Waals surface area contributed by atoms with Crippen molar-refractivity contribution >= 4 is 10.9 Å². The number of hydrogen-bond donors (Lipinski definition) is 2. The summed E-state index contributed by atoms with van der Waals surface area (Å²) in [7, 11) is 0. The molecule has 0 bridgehead atoms. The lowest BCUT2D eigenvalue weighted by Gasteiger charge is -2.08. The fourth-order valence-electron chi connectivity index (χ4n) is 3.23. The third kappa shape index (κ3) is 3.52. The highest BCUT2D eigenvalue weighted by Crippen LogP contribution is 2.15. The normalized spacial score (nSPS) is 11.5. The van der Waals surface area contributed by atoms with Crippen molar-refractivity contribution in [3.05, 3.63) is 53.5 Å². The van der Waals surface area contributed by atoms with Crippen LogP contribution in [0.15, 0.2) is 36.5 Å². The summed E-state index contributed by atoms with van der Waals surface area (Å²) in [5.74, 6) is 0.